The smallest absolute Gasteiger partial charge is 0.310 e. The lowest BCUT2D eigenvalue weighted by atomic mass is 9.77. The third kappa shape index (κ3) is 2.34. The van der Waals surface area contributed by atoms with Gasteiger partial charge in [-0.05, 0) is 37.3 Å². The van der Waals surface area contributed by atoms with Gasteiger partial charge in [0.15, 0.2) is 0 Å². The molecule has 0 saturated carbocycles. The fourth-order valence-corrected chi connectivity index (χ4v) is 4.54. The topological polar surface area (TPSA) is 65.6 Å². The predicted molar refractivity (Wildman–Crippen MR) is 91.6 cm³/mol. The van der Waals surface area contributed by atoms with Gasteiger partial charge in [0, 0.05) is 29.7 Å². The van der Waals surface area contributed by atoms with Gasteiger partial charge in [0.25, 0.3) is 0 Å². The van der Waals surface area contributed by atoms with E-state index in [9.17, 15) is 9.90 Å². The zero-order valence-electron chi connectivity index (χ0n) is 14.2. The number of methoxy groups -OCH3 is 1. The van der Waals surface area contributed by atoms with Crippen LogP contribution in [0.3, 0.4) is 0 Å². The van der Waals surface area contributed by atoms with Gasteiger partial charge in [0.1, 0.15) is 0 Å². The molecule has 3 heterocycles. The molecule has 4 atom stereocenters. The van der Waals surface area contributed by atoms with Gasteiger partial charge in [-0.2, -0.15) is 0 Å². The Bertz CT molecular complexity index is 767. The molecule has 0 unspecified atom stereocenters. The molecular weight excluding hydrogens is 304 g/mol. The number of carbonyl (C=O) groups is 1. The molecule has 2 N–H and O–H groups in total. The van der Waals surface area contributed by atoms with Crippen LogP contribution in [0.4, 0.5) is 0 Å². The van der Waals surface area contributed by atoms with E-state index in [-0.39, 0.29) is 23.8 Å². The minimum absolute atomic E-state index is 0.0172. The molecule has 0 spiro atoms. The van der Waals surface area contributed by atoms with Gasteiger partial charge >= 0.3 is 5.97 Å². The Morgan fingerprint density at radius 2 is 2.21 bits per heavy atom. The van der Waals surface area contributed by atoms with E-state index in [2.05, 4.69) is 28.1 Å². The number of aromatic amines is 1. The molecular formula is C19H24N2O3. The van der Waals surface area contributed by atoms with Crippen molar-refractivity contribution in [2.75, 3.05) is 20.2 Å². The number of fused-ring (bicyclic) bond motifs is 5. The van der Waals surface area contributed by atoms with Gasteiger partial charge < -0.3 is 14.8 Å². The SMILES string of the molecule is COC(=O)[C@@H]1C[C@@H]([C@H](C)O)CN2CCc3c([nH]c4ccccc34)[C@@H]12. The number of aliphatic hydroxyl groups is 1. The zero-order chi connectivity index (χ0) is 16.8. The number of esters is 1. The van der Waals surface area contributed by atoms with Crippen LogP contribution in [0.25, 0.3) is 10.9 Å². The zero-order valence-corrected chi connectivity index (χ0v) is 14.2. The number of aromatic nitrogens is 1. The van der Waals surface area contributed by atoms with E-state index in [1.165, 1.54) is 18.1 Å². The maximum absolute atomic E-state index is 12.5. The van der Waals surface area contributed by atoms with Crippen LogP contribution in [0, 0.1) is 11.8 Å². The third-order valence-electron chi connectivity index (χ3n) is 5.78. The van der Waals surface area contributed by atoms with E-state index in [1.54, 1.807) is 0 Å². The number of carbonyl (C=O) groups excluding carboxylic acids is 1. The molecule has 4 rings (SSSR count). The first-order valence-corrected chi connectivity index (χ1v) is 8.69. The molecule has 0 bridgehead atoms. The van der Waals surface area contributed by atoms with Crippen molar-refractivity contribution in [3.05, 3.63) is 35.5 Å². The molecule has 1 aromatic heterocycles. The Hall–Kier alpha value is -1.85. The molecule has 0 aliphatic carbocycles. The number of piperidine rings is 1. The largest absolute Gasteiger partial charge is 0.469 e. The van der Waals surface area contributed by atoms with E-state index >= 15 is 0 Å². The lowest BCUT2D eigenvalue weighted by Gasteiger charge is -2.46. The molecule has 24 heavy (non-hydrogen) atoms. The van der Waals surface area contributed by atoms with Crippen LogP contribution in [0.5, 0.6) is 0 Å². The van der Waals surface area contributed by atoms with Crippen LogP contribution >= 0.6 is 0 Å². The van der Waals surface area contributed by atoms with Gasteiger partial charge in [-0.15, -0.1) is 0 Å². The summed E-state index contributed by atoms with van der Waals surface area (Å²) in [6.07, 6.45) is 1.22. The highest BCUT2D eigenvalue weighted by molar-refractivity contribution is 5.85. The first-order chi connectivity index (χ1) is 11.6. The van der Waals surface area contributed by atoms with E-state index < -0.39 is 6.10 Å². The summed E-state index contributed by atoms with van der Waals surface area (Å²) in [5.41, 5.74) is 3.61. The number of hydrogen-bond acceptors (Lipinski definition) is 4. The van der Waals surface area contributed by atoms with Gasteiger partial charge in [-0.1, -0.05) is 18.2 Å². The maximum Gasteiger partial charge on any atom is 0.310 e. The van der Waals surface area contributed by atoms with Crippen molar-refractivity contribution in [2.24, 2.45) is 11.8 Å². The number of nitrogens with one attached hydrogen (secondary N) is 1. The number of aliphatic hydroxyl groups excluding tert-OH is 1. The minimum atomic E-state index is -0.415. The van der Waals surface area contributed by atoms with Gasteiger partial charge in [-0.25, -0.2) is 0 Å². The van der Waals surface area contributed by atoms with Gasteiger partial charge in [0.05, 0.1) is 25.2 Å². The van der Waals surface area contributed by atoms with Gasteiger partial charge in [-0.3, -0.25) is 9.69 Å². The Balaban J connectivity index is 1.80. The highest BCUT2D eigenvalue weighted by Crippen LogP contribution is 2.44. The molecule has 1 aromatic carbocycles. The maximum atomic E-state index is 12.5. The highest BCUT2D eigenvalue weighted by Gasteiger charge is 2.45. The molecule has 1 fully saturated rings. The van der Waals surface area contributed by atoms with Crippen molar-refractivity contribution >= 4 is 16.9 Å². The van der Waals surface area contributed by atoms with Crippen LogP contribution in [0.15, 0.2) is 24.3 Å². The number of benzene rings is 1. The van der Waals surface area contributed by atoms with Crippen molar-refractivity contribution in [2.45, 2.75) is 31.9 Å². The number of rotatable bonds is 2. The van der Waals surface area contributed by atoms with E-state index in [1.807, 2.05) is 13.0 Å². The summed E-state index contributed by atoms with van der Waals surface area (Å²) in [6.45, 7) is 3.55. The summed E-state index contributed by atoms with van der Waals surface area (Å²) in [7, 11) is 1.45. The van der Waals surface area contributed by atoms with Crippen LogP contribution in [-0.4, -0.2) is 47.3 Å². The van der Waals surface area contributed by atoms with Crippen LogP contribution < -0.4 is 0 Å². The lowest BCUT2D eigenvalue weighted by molar-refractivity contribution is -0.152. The van der Waals surface area contributed by atoms with Crippen LogP contribution in [0.2, 0.25) is 0 Å². The first-order valence-electron chi connectivity index (χ1n) is 8.69. The Labute approximate surface area is 141 Å². The minimum Gasteiger partial charge on any atom is -0.469 e. The predicted octanol–water partition coefficient (Wildman–Crippen LogP) is 2.26. The number of H-pyrrole nitrogens is 1. The second-order valence-corrected chi connectivity index (χ2v) is 7.12. The summed E-state index contributed by atoms with van der Waals surface area (Å²) in [5, 5.41) is 11.3. The molecule has 0 radical (unpaired) electrons. The lowest BCUT2D eigenvalue weighted by Crippen LogP contribution is -2.51. The summed E-state index contributed by atoms with van der Waals surface area (Å²) in [6, 6.07) is 8.35. The van der Waals surface area contributed by atoms with Crippen LogP contribution in [0.1, 0.15) is 30.6 Å². The number of hydrogen-bond donors (Lipinski definition) is 2. The van der Waals surface area contributed by atoms with Crippen LogP contribution in [-0.2, 0) is 16.0 Å². The standard InChI is InChI=1S/C19H24N2O3/c1-11(22)12-9-15(19(23)24-2)18-17-14(7-8-21(18)10-12)13-5-3-4-6-16(13)20-17/h3-6,11-12,15,18,20,22H,7-10H2,1-2H3/t11-,12+,15+,18+/m0/s1. The fraction of sp³-hybridized carbons (Fsp3) is 0.526. The molecule has 5 heteroatoms. The highest BCUT2D eigenvalue weighted by atomic mass is 16.5. The van der Waals surface area contributed by atoms with Crippen molar-refractivity contribution in [3.63, 3.8) is 0 Å². The van der Waals surface area contributed by atoms with Gasteiger partial charge in [0.2, 0.25) is 0 Å². The number of para-hydroxylation sites is 1. The molecule has 0 amide bonds. The Morgan fingerprint density at radius 1 is 1.42 bits per heavy atom. The number of nitrogens with zero attached hydrogens (tertiary/aromatic N) is 1. The second kappa shape index (κ2) is 5.90. The first kappa shape index (κ1) is 15.7. The van der Waals surface area contributed by atoms with Crippen molar-refractivity contribution in [1.82, 2.24) is 9.88 Å². The van der Waals surface area contributed by atoms with E-state index in [4.69, 9.17) is 4.74 Å². The molecule has 2 aromatic rings. The second-order valence-electron chi connectivity index (χ2n) is 7.12. The molecule has 128 valence electrons. The van der Waals surface area contributed by atoms with E-state index in [0.717, 1.165) is 30.7 Å². The number of ether oxygens (including phenoxy) is 1. The normalized spacial score (nSPS) is 28.2. The average molecular weight is 328 g/mol. The van der Waals surface area contributed by atoms with Crippen molar-refractivity contribution in [1.29, 1.82) is 0 Å². The monoisotopic (exact) mass is 328 g/mol. The van der Waals surface area contributed by atoms with Crippen molar-refractivity contribution < 1.29 is 14.6 Å². The molecule has 1 saturated heterocycles. The average Bonchev–Trinajstić information content (AvgIpc) is 2.98. The summed E-state index contributed by atoms with van der Waals surface area (Å²) < 4.78 is 5.09. The van der Waals surface area contributed by atoms with E-state index in [0.29, 0.717) is 6.42 Å². The summed E-state index contributed by atoms with van der Waals surface area (Å²) >= 11 is 0. The quantitative estimate of drug-likeness (QED) is 0.830. The Kier molecular flexibility index (Phi) is 3.85. The fourth-order valence-electron chi connectivity index (χ4n) is 4.54. The summed E-state index contributed by atoms with van der Waals surface area (Å²) in [4.78, 5) is 18.4. The third-order valence-corrected chi connectivity index (χ3v) is 5.78. The van der Waals surface area contributed by atoms with Crippen molar-refractivity contribution in [3.8, 4) is 0 Å². The molecule has 2 aliphatic heterocycles. The molecule has 2 aliphatic rings. The summed E-state index contributed by atoms with van der Waals surface area (Å²) in [5.74, 6) is -0.311. The Morgan fingerprint density at radius 3 is 2.96 bits per heavy atom. The molecule has 5 nitrogen and oxygen atoms in total.